The highest BCUT2D eigenvalue weighted by molar-refractivity contribution is 7.80. The van der Waals surface area contributed by atoms with Gasteiger partial charge >= 0.3 is 0 Å². The molecule has 6 nitrogen and oxygen atoms in total. The average molecular weight is 421 g/mol. The van der Waals surface area contributed by atoms with Crippen LogP contribution in [0.15, 0.2) is 36.7 Å². The minimum Gasteiger partial charge on any atom is -0.356 e. The summed E-state index contributed by atoms with van der Waals surface area (Å²) >= 11 is 11.5. The van der Waals surface area contributed by atoms with Crippen LogP contribution in [0.1, 0.15) is 36.7 Å². The number of halogens is 2. The van der Waals surface area contributed by atoms with Gasteiger partial charge in [0.1, 0.15) is 5.82 Å². The van der Waals surface area contributed by atoms with Gasteiger partial charge in [0.15, 0.2) is 10.9 Å². The van der Waals surface area contributed by atoms with E-state index >= 15 is 0 Å². The molecule has 0 spiro atoms. The van der Waals surface area contributed by atoms with Crippen LogP contribution in [0.5, 0.6) is 0 Å². The average Bonchev–Trinajstić information content (AvgIpc) is 3.24. The van der Waals surface area contributed by atoms with Crippen molar-refractivity contribution in [2.24, 2.45) is 0 Å². The van der Waals surface area contributed by atoms with Crippen molar-refractivity contribution < 1.29 is 4.39 Å². The fourth-order valence-electron chi connectivity index (χ4n) is 2.91. The van der Waals surface area contributed by atoms with Gasteiger partial charge in [-0.3, -0.25) is 9.36 Å². The van der Waals surface area contributed by atoms with Gasteiger partial charge in [-0.25, -0.2) is 4.39 Å². The van der Waals surface area contributed by atoms with Gasteiger partial charge in [0, 0.05) is 41.2 Å². The zero-order chi connectivity index (χ0) is 20.3. The Labute approximate surface area is 173 Å². The van der Waals surface area contributed by atoms with E-state index in [9.17, 15) is 4.39 Å². The molecule has 3 rings (SSSR count). The molecule has 1 unspecified atom stereocenters. The van der Waals surface area contributed by atoms with Crippen molar-refractivity contribution in [3.05, 3.63) is 64.3 Å². The molecule has 0 aliphatic rings. The number of nitrogens with zero attached hydrogens (tertiary/aromatic N) is 4. The summed E-state index contributed by atoms with van der Waals surface area (Å²) in [6, 6.07) is 6.39. The lowest BCUT2D eigenvalue weighted by atomic mass is 10.1. The minimum atomic E-state index is -0.355. The molecule has 0 saturated heterocycles. The molecule has 148 valence electrons. The Bertz CT molecular complexity index is 962. The molecule has 0 bridgehead atoms. The fraction of sp³-hybridized carbons (Fsp3) is 0.316. The van der Waals surface area contributed by atoms with E-state index in [0.717, 1.165) is 17.8 Å². The van der Waals surface area contributed by atoms with Crippen molar-refractivity contribution in [1.29, 1.82) is 0 Å². The van der Waals surface area contributed by atoms with Crippen LogP contribution in [0.4, 0.5) is 10.2 Å². The van der Waals surface area contributed by atoms with Gasteiger partial charge in [0.05, 0.1) is 18.3 Å². The first-order valence-electron chi connectivity index (χ1n) is 8.95. The Kier molecular flexibility index (Phi) is 6.31. The lowest BCUT2D eigenvalue weighted by Crippen LogP contribution is -2.31. The van der Waals surface area contributed by atoms with Gasteiger partial charge < -0.3 is 10.6 Å². The third kappa shape index (κ3) is 4.69. The molecule has 0 amide bonds. The third-order valence-electron chi connectivity index (χ3n) is 4.39. The van der Waals surface area contributed by atoms with Crippen molar-refractivity contribution in [1.82, 2.24) is 24.9 Å². The topological polar surface area (TPSA) is 59.7 Å². The van der Waals surface area contributed by atoms with Gasteiger partial charge in [0.2, 0.25) is 0 Å². The second-order valence-electron chi connectivity index (χ2n) is 6.44. The second kappa shape index (κ2) is 8.70. The standard InChI is InChI=1S/C19H22ClFN6S/c1-4-26-10-14(13(3)24-26)12(2)22-19(28)23-18-8-9-27(25-18)11-15-16(20)6-5-7-17(15)21/h5-10,12H,4,11H2,1-3H3,(H2,22,23,25,28). The zero-order valence-corrected chi connectivity index (χ0v) is 17.5. The summed E-state index contributed by atoms with van der Waals surface area (Å²) in [5, 5.41) is 15.9. The summed E-state index contributed by atoms with van der Waals surface area (Å²) in [6.07, 6.45) is 3.76. The van der Waals surface area contributed by atoms with E-state index < -0.39 is 0 Å². The van der Waals surface area contributed by atoms with Crippen LogP contribution in [0, 0.1) is 12.7 Å². The molecule has 2 heterocycles. The summed E-state index contributed by atoms with van der Waals surface area (Å²) in [7, 11) is 0. The van der Waals surface area contributed by atoms with Crippen LogP contribution in [-0.4, -0.2) is 24.7 Å². The highest BCUT2D eigenvalue weighted by atomic mass is 35.5. The molecular weight excluding hydrogens is 399 g/mol. The van der Waals surface area contributed by atoms with Gasteiger partial charge in [-0.15, -0.1) is 0 Å². The molecule has 2 N–H and O–H groups in total. The van der Waals surface area contributed by atoms with E-state index in [1.807, 2.05) is 31.6 Å². The van der Waals surface area contributed by atoms with Gasteiger partial charge in [-0.05, 0) is 45.1 Å². The zero-order valence-electron chi connectivity index (χ0n) is 15.9. The van der Waals surface area contributed by atoms with E-state index in [0.29, 0.717) is 21.5 Å². The van der Waals surface area contributed by atoms with Crippen LogP contribution in [0.2, 0.25) is 5.02 Å². The van der Waals surface area contributed by atoms with Crippen molar-refractivity contribution in [2.75, 3.05) is 5.32 Å². The highest BCUT2D eigenvalue weighted by Crippen LogP contribution is 2.20. The fourth-order valence-corrected chi connectivity index (χ4v) is 3.41. The first-order valence-corrected chi connectivity index (χ1v) is 9.73. The number of nitrogens with one attached hydrogen (secondary N) is 2. The van der Waals surface area contributed by atoms with E-state index in [1.165, 1.54) is 6.07 Å². The first-order chi connectivity index (χ1) is 13.4. The Hall–Kier alpha value is -2.45. The molecule has 0 fully saturated rings. The molecule has 0 aliphatic carbocycles. The summed E-state index contributed by atoms with van der Waals surface area (Å²) in [5.74, 6) is 0.213. The minimum absolute atomic E-state index is 0.000364. The number of thiocarbonyl (C=S) groups is 1. The highest BCUT2D eigenvalue weighted by Gasteiger charge is 2.14. The number of aromatic nitrogens is 4. The largest absolute Gasteiger partial charge is 0.356 e. The lowest BCUT2D eigenvalue weighted by molar-refractivity contribution is 0.586. The summed E-state index contributed by atoms with van der Waals surface area (Å²) < 4.78 is 17.4. The van der Waals surface area contributed by atoms with Gasteiger partial charge in [-0.1, -0.05) is 17.7 Å². The van der Waals surface area contributed by atoms with Crippen LogP contribution in [-0.2, 0) is 13.1 Å². The maximum Gasteiger partial charge on any atom is 0.172 e. The Morgan fingerprint density at radius 1 is 1.29 bits per heavy atom. The van der Waals surface area contributed by atoms with Crippen LogP contribution in [0.25, 0.3) is 0 Å². The van der Waals surface area contributed by atoms with Gasteiger partial charge in [0.25, 0.3) is 0 Å². The molecule has 0 aliphatic heterocycles. The number of rotatable bonds is 6. The van der Waals surface area contributed by atoms with Crippen LogP contribution < -0.4 is 10.6 Å². The van der Waals surface area contributed by atoms with Crippen molar-refractivity contribution in [2.45, 2.75) is 39.9 Å². The molecule has 3 aromatic rings. The predicted octanol–water partition coefficient (Wildman–Crippen LogP) is 4.30. The molecule has 9 heteroatoms. The maximum atomic E-state index is 13.9. The van der Waals surface area contributed by atoms with E-state index in [-0.39, 0.29) is 18.4 Å². The van der Waals surface area contributed by atoms with Gasteiger partial charge in [-0.2, -0.15) is 10.2 Å². The SMILES string of the molecule is CCn1cc(C(C)NC(=S)Nc2ccn(Cc3c(F)cccc3Cl)n2)c(C)n1. The molecular formula is C19H22ClFN6S. The molecule has 1 aromatic carbocycles. The lowest BCUT2D eigenvalue weighted by Gasteiger charge is -2.15. The van der Waals surface area contributed by atoms with E-state index in [2.05, 4.69) is 20.8 Å². The second-order valence-corrected chi connectivity index (χ2v) is 7.26. The van der Waals surface area contributed by atoms with Crippen LogP contribution >= 0.6 is 23.8 Å². The number of aryl methyl sites for hydroxylation is 2. The Balaban J connectivity index is 1.61. The van der Waals surface area contributed by atoms with E-state index in [1.54, 1.807) is 29.1 Å². The quantitative estimate of drug-likeness (QED) is 0.582. The number of benzene rings is 1. The Morgan fingerprint density at radius 2 is 2.07 bits per heavy atom. The number of hydrogen-bond acceptors (Lipinski definition) is 3. The van der Waals surface area contributed by atoms with Crippen molar-refractivity contribution in [3.63, 3.8) is 0 Å². The molecule has 0 radical (unpaired) electrons. The third-order valence-corrected chi connectivity index (χ3v) is 4.96. The summed E-state index contributed by atoms with van der Waals surface area (Å²) in [5.41, 5.74) is 2.46. The smallest absolute Gasteiger partial charge is 0.172 e. The van der Waals surface area contributed by atoms with Crippen molar-refractivity contribution >= 4 is 34.7 Å². The molecule has 1 atom stereocenters. The number of anilines is 1. The summed E-state index contributed by atoms with van der Waals surface area (Å²) in [6.45, 7) is 7.10. The van der Waals surface area contributed by atoms with E-state index in [4.69, 9.17) is 23.8 Å². The first kappa shape index (κ1) is 20.3. The monoisotopic (exact) mass is 420 g/mol. The molecule has 0 saturated carbocycles. The molecule has 28 heavy (non-hydrogen) atoms. The Morgan fingerprint density at radius 3 is 2.75 bits per heavy atom. The normalized spacial score (nSPS) is 12.0. The van der Waals surface area contributed by atoms with Crippen molar-refractivity contribution in [3.8, 4) is 0 Å². The molecule has 2 aromatic heterocycles. The predicted molar refractivity (Wildman–Crippen MR) is 113 cm³/mol. The summed E-state index contributed by atoms with van der Waals surface area (Å²) in [4.78, 5) is 0. The number of hydrogen-bond donors (Lipinski definition) is 2. The van der Waals surface area contributed by atoms with Crippen LogP contribution in [0.3, 0.4) is 0 Å². The maximum absolute atomic E-state index is 13.9.